The lowest BCUT2D eigenvalue weighted by Gasteiger charge is -2.03. The van der Waals surface area contributed by atoms with Gasteiger partial charge in [-0.2, -0.15) is 0 Å². The zero-order valence-corrected chi connectivity index (χ0v) is 22.7. The van der Waals surface area contributed by atoms with E-state index in [1.807, 2.05) is 6.20 Å². The van der Waals surface area contributed by atoms with Crippen molar-refractivity contribution in [3.8, 4) is 0 Å². The zero-order chi connectivity index (χ0) is 23.5. The summed E-state index contributed by atoms with van der Waals surface area (Å²) >= 11 is 0. The minimum Gasteiger partial charge on any atom is -0.261 e. The summed E-state index contributed by atoms with van der Waals surface area (Å²) < 4.78 is 0. The van der Waals surface area contributed by atoms with Crippen LogP contribution < -0.4 is 0 Å². The molecule has 0 bridgehead atoms. The van der Waals surface area contributed by atoms with E-state index in [4.69, 9.17) is 0 Å². The van der Waals surface area contributed by atoms with Crippen molar-refractivity contribution in [2.24, 2.45) is 0 Å². The van der Waals surface area contributed by atoms with E-state index in [9.17, 15) is 0 Å². The molecule has 0 radical (unpaired) electrons. The topological polar surface area (TPSA) is 12.9 Å². The van der Waals surface area contributed by atoms with Crippen LogP contribution in [0.3, 0.4) is 0 Å². The predicted molar refractivity (Wildman–Crippen MR) is 147 cm³/mol. The minimum atomic E-state index is 1.12. The summed E-state index contributed by atoms with van der Waals surface area (Å²) in [6.07, 6.45) is 32.8. The number of nitrogens with zero attached hydrogens (tertiary/aromatic N) is 1. The van der Waals surface area contributed by atoms with E-state index in [2.05, 4.69) is 44.8 Å². The Bertz CT molecular complexity index is 455. The Morgan fingerprint density at radius 1 is 0.500 bits per heavy atom. The van der Waals surface area contributed by atoms with Gasteiger partial charge in [0.05, 0.1) is 0 Å². The Labute approximate surface area is 203 Å². The van der Waals surface area contributed by atoms with Crippen LogP contribution in [0.4, 0.5) is 0 Å². The van der Waals surface area contributed by atoms with Crippen molar-refractivity contribution in [1.29, 1.82) is 0 Å². The molecule has 0 atom stereocenters. The van der Waals surface area contributed by atoms with Gasteiger partial charge in [-0.05, 0) is 37.0 Å². The van der Waals surface area contributed by atoms with Gasteiger partial charge in [0.2, 0.25) is 0 Å². The minimum absolute atomic E-state index is 1.12. The Kier molecular flexibility index (Phi) is 25.7. The van der Waals surface area contributed by atoms with E-state index in [0.29, 0.717) is 0 Å². The number of hydrogen-bond acceptors (Lipinski definition) is 1. The fourth-order valence-corrected chi connectivity index (χ4v) is 4.24. The molecule has 188 valence electrons. The predicted octanol–water partition coefficient (Wildman–Crippen LogP) is 11.0. The molecule has 0 saturated heterocycles. The van der Waals surface area contributed by atoms with Crippen LogP contribution in [-0.4, -0.2) is 4.98 Å². The molecule has 0 aliphatic heterocycles. The monoisotopic (exact) mass is 445 g/mol. The standard InChI is InChI=1S/C17H29N.C14H30/c1-3-5-6-7-8-9-10-11-12-17-15-16(4-2)13-14-18-17;1-3-5-7-9-11-13-14-12-10-8-6-4-2/h13-15H,3-12H2,1-2H3;3-14H2,1-2H3. The maximum Gasteiger partial charge on any atom is 0.0406 e. The Morgan fingerprint density at radius 3 is 1.25 bits per heavy atom. The maximum absolute atomic E-state index is 4.45. The quantitative estimate of drug-likeness (QED) is 0.171. The van der Waals surface area contributed by atoms with Crippen LogP contribution in [0.15, 0.2) is 18.3 Å². The number of aromatic nitrogens is 1. The molecular weight excluding hydrogens is 386 g/mol. The highest BCUT2D eigenvalue weighted by Crippen LogP contribution is 2.12. The average molecular weight is 446 g/mol. The van der Waals surface area contributed by atoms with E-state index in [1.54, 1.807) is 0 Å². The van der Waals surface area contributed by atoms with E-state index in [1.165, 1.54) is 140 Å². The largest absolute Gasteiger partial charge is 0.261 e. The van der Waals surface area contributed by atoms with Crippen LogP contribution in [0.2, 0.25) is 0 Å². The van der Waals surface area contributed by atoms with E-state index in [0.717, 1.165) is 12.8 Å². The molecule has 0 fully saturated rings. The summed E-state index contributed by atoms with van der Waals surface area (Å²) in [4.78, 5) is 4.45. The van der Waals surface area contributed by atoms with Crippen molar-refractivity contribution in [2.75, 3.05) is 0 Å². The van der Waals surface area contributed by atoms with Gasteiger partial charge < -0.3 is 0 Å². The van der Waals surface area contributed by atoms with Crippen LogP contribution in [-0.2, 0) is 12.8 Å². The van der Waals surface area contributed by atoms with Crippen LogP contribution in [0.25, 0.3) is 0 Å². The summed E-state index contributed by atoms with van der Waals surface area (Å²) in [5.74, 6) is 0. The zero-order valence-electron chi connectivity index (χ0n) is 22.7. The maximum atomic E-state index is 4.45. The first kappa shape index (κ1) is 31.1. The first-order valence-electron chi connectivity index (χ1n) is 14.7. The molecule has 32 heavy (non-hydrogen) atoms. The summed E-state index contributed by atoms with van der Waals surface area (Å²) in [6.45, 7) is 9.05. The lowest BCUT2D eigenvalue weighted by atomic mass is 10.1. The molecule has 1 nitrogen and oxygen atoms in total. The fraction of sp³-hybridized carbons (Fsp3) is 0.839. The Balaban J connectivity index is 0.000000622. The van der Waals surface area contributed by atoms with Crippen LogP contribution in [0, 0.1) is 0 Å². The van der Waals surface area contributed by atoms with Gasteiger partial charge in [-0.1, -0.05) is 150 Å². The molecular formula is C31H59N. The molecule has 0 saturated carbocycles. The van der Waals surface area contributed by atoms with E-state index >= 15 is 0 Å². The van der Waals surface area contributed by atoms with Gasteiger partial charge in [0.25, 0.3) is 0 Å². The molecule has 0 amide bonds. The highest BCUT2D eigenvalue weighted by molar-refractivity contribution is 5.16. The summed E-state index contributed by atoms with van der Waals surface area (Å²) in [6, 6.07) is 4.39. The third-order valence-electron chi connectivity index (χ3n) is 6.53. The number of hydrogen-bond donors (Lipinski definition) is 0. The summed E-state index contributed by atoms with van der Waals surface area (Å²) in [5.41, 5.74) is 2.69. The van der Waals surface area contributed by atoms with Crippen LogP contribution >= 0.6 is 0 Å². The second kappa shape index (κ2) is 26.4. The van der Waals surface area contributed by atoms with Gasteiger partial charge in [0, 0.05) is 11.9 Å². The van der Waals surface area contributed by atoms with Gasteiger partial charge >= 0.3 is 0 Å². The third kappa shape index (κ3) is 22.3. The fourth-order valence-electron chi connectivity index (χ4n) is 4.24. The van der Waals surface area contributed by atoms with Gasteiger partial charge in [-0.25, -0.2) is 0 Å². The molecule has 1 aromatic heterocycles. The molecule has 0 aliphatic rings. The molecule has 1 heterocycles. The Hall–Kier alpha value is -0.850. The van der Waals surface area contributed by atoms with Crippen molar-refractivity contribution in [3.05, 3.63) is 29.6 Å². The van der Waals surface area contributed by atoms with Gasteiger partial charge in [0.15, 0.2) is 0 Å². The smallest absolute Gasteiger partial charge is 0.0406 e. The number of unbranched alkanes of at least 4 members (excludes halogenated alkanes) is 18. The molecule has 0 unspecified atom stereocenters. The summed E-state index contributed by atoms with van der Waals surface area (Å²) in [5, 5.41) is 0. The van der Waals surface area contributed by atoms with Crippen molar-refractivity contribution in [1.82, 2.24) is 4.98 Å². The van der Waals surface area contributed by atoms with E-state index < -0.39 is 0 Å². The number of aryl methyl sites for hydroxylation is 2. The van der Waals surface area contributed by atoms with Crippen molar-refractivity contribution < 1.29 is 0 Å². The number of rotatable bonds is 21. The second-order valence-electron chi connectivity index (χ2n) is 9.77. The van der Waals surface area contributed by atoms with Crippen molar-refractivity contribution >= 4 is 0 Å². The molecule has 1 heteroatoms. The molecule has 0 N–H and O–H groups in total. The van der Waals surface area contributed by atoms with Crippen molar-refractivity contribution in [2.45, 2.75) is 169 Å². The molecule has 0 aromatic carbocycles. The lowest BCUT2D eigenvalue weighted by molar-refractivity contribution is 0.548. The third-order valence-corrected chi connectivity index (χ3v) is 6.53. The molecule has 1 rings (SSSR count). The number of pyridine rings is 1. The van der Waals surface area contributed by atoms with Gasteiger partial charge in [-0.15, -0.1) is 0 Å². The highest BCUT2D eigenvalue weighted by atomic mass is 14.7. The van der Waals surface area contributed by atoms with Gasteiger partial charge in [-0.3, -0.25) is 4.98 Å². The van der Waals surface area contributed by atoms with Gasteiger partial charge in [0.1, 0.15) is 0 Å². The van der Waals surface area contributed by atoms with Crippen LogP contribution in [0.5, 0.6) is 0 Å². The van der Waals surface area contributed by atoms with E-state index in [-0.39, 0.29) is 0 Å². The molecule has 1 aromatic rings. The SMILES string of the molecule is CCCCCCCCCCCCCC.CCCCCCCCCCc1cc(CC)ccn1. The summed E-state index contributed by atoms with van der Waals surface area (Å²) in [7, 11) is 0. The molecule has 0 aliphatic carbocycles. The second-order valence-corrected chi connectivity index (χ2v) is 9.77. The first-order valence-corrected chi connectivity index (χ1v) is 14.7. The normalized spacial score (nSPS) is 10.8. The van der Waals surface area contributed by atoms with Crippen molar-refractivity contribution in [3.63, 3.8) is 0 Å². The first-order chi connectivity index (χ1) is 15.8. The van der Waals surface area contributed by atoms with Crippen LogP contribution in [0.1, 0.15) is 167 Å². The molecule has 0 spiro atoms. The highest BCUT2D eigenvalue weighted by Gasteiger charge is 1.97. The Morgan fingerprint density at radius 2 is 0.875 bits per heavy atom. The average Bonchev–Trinajstić information content (AvgIpc) is 2.82. The lowest BCUT2D eigenvalue weighted by Crippen LogP contribution is -1.92.